The number of amides is 2. The maximum Gasteiger partial charge on any atom is 0.425 e. The first-order valence-electron chi connectivity index (χ1n) is 8.49. The van der Waals surface area contributed by atoms with Crippen LogP contribution < -0.4 is 4.90 Å². The summed E-state index contributed by atoms with van der Waals surface area (Å²) in [7, 11) is 0. The van der Waals surface area contributed by atoms with Crippen molar-refractivity contribution in [2.45, 2.75) is 80.4 Å². The first-order valence-corrected chi connectivity index (χ1v) is 8.49. The lowest BCUT2D eigenvalue weighted by Crippen LogP contribution is -2.44. The Balaban J connectivity index is 0.00000277. The van der Waals surface area contributed by atoms with E-state index in [0.717, 1.165) is 10.5 Å². The van der Waals surface area contributed by atoms with Gasteiger partial charge in [-0.3, -0.25) is 0 Å². The summed E-state index contributed by atoms with van der Waals surface area (Å²) in [4.78, 5) is 30.0. The van der Waals surface area contributed by atoms with Crippen molar-refractivity contribution < 1.29 is 19.1 Å². The van der Waals surface area contributed by atoms with Crippen molar-refractivity contribution >= 4 is 18.0 Å². The van der Waals surface area contributed by atoms with Gasteiger partial charge in [-0.25, -0.2) is 14.6 Å². The molecule has 142 valence electrons. The number of hydrogen-bond donors (Lipinski definition) is 0. The minimum atomic E-state index is -0.814. The van der Waals surface area contributed by atoms with Crippen molar-refractivity contribution in [1.82, 2.24) is 4.98 Å². The Morgan fingerprint density at radius 3 is 1.64 bits per heavy atom. The molecule has 6 nitrogen and oxygen atoms in total. The van der Waals surface area contributed by atoms with Gasteiger partial charge in [-0.05, 0) is 66.5 Å². The molecule has 0 aliphatic carbocycles. The highest BCUT2D eigenvalue weighted by Crippen LogP contribution is 2.23. The molecule has 6 heteroatoms. The predicted molar refractivity (Wildman–Crippen MR) is 100 cm³/mol. The van der Waals surface area contributed by atoms with Crippen LogP contribution in [0, 0.1) is 13.8 Å². The van der Waals surface area contributed by atoms with Crippen molar-refractivity contribution in [2.24, 2.45) is 0 Å². The smallest absolute Gasteiger partial charge is 0.425 e. The van der Waals surface area contributed by atoms with Crippen LogP contribution in [0.2, 0.25) is 0 Å². The van der Waals surface area contributed by atoms with Crippen molar-refractivity contribution in [1.29, 1.82) is 0 Å². The van der Waals surface area contributed by atoms with E-state index in [1.165, 1.54) is 0 Å². The van der Waals surface area contributed by atoms with Crippen molar-refractivity contribution in [3.05, 3.63) is 23.4 Å². The minimum absolute atomic E-state index is 0.208. The fourth-order valence-corrected chi connectivity index (χ4v) is 1.80. The van der Waals surface area contributed by atoms with Crippen LogP contribution in [-0.2, 0) is 9.47 Å². The molecule has 0 saturated carbocycles. The van der Waals surface area contributed by atoms with E-state index in [-0.39, 0.29) is 5.82 Å². The second-order valence-electron chi connectivity index (χ2n) is 7.45. The van der Waals surface area contributed by atoms with Crippen LogP contribution in [0.15, 0.2) is 12.3 Å². The quantitative estimate of drug-likeness (QED) is 0.676. The SMILES string of the molecule is CC.Cc1cnc(N(C(=O)OC(C)(C)C)C(=O)OC(C)(C)C)c(C)c1. The third kappa shape index (κ3) is 8.01. The number of ether oxygens (including phenoxy) is 2. The van der Waals surface area contributed by atoms with Crippen LogP contribution in [0.4, 0.5) is 15.4 Å². The van der Waals surface area contributed by atoms with Crippen LogP contribution >= 0.6 is 0 Å². The molecular weight excluding hydrogens is 320 g/mol. The summed E-state index contributed by atoms with van der Waals surface area (Å²) in [5, 5.41) is 0. The van der Waals surface area contributed by atoms with Gasteiger partial charge in [0.25, 0.3) is 0 Å². The normalized spacial score (nSPS) is 11.1. The number of nitrogens with zero attached hydrogens (tertiary/aromatic N) is 2. The van der Waals surface area contributed by atoms with Gasteiger partial charge in [0.1, 0.15) is 11.2 Å². The van der Waals surface area contributed by atoms with Crippen LogP contribution in [0.3, 0.4) is 0 Å². The molecule has 0 radical (unpaired) electrons. The largest absolute Gasteiger partial charge is 0.443 e. The summed E-state index contributed by atoms with van der Waals surface area (Å²) in [5.41, 5.74) is 0.132. The number of aryl methyl sites for hydroxylation is 2. The summed E-state index contributed by atoms with van der Waals surface area (Å²) < 4.78 is 10.6. The molecule has 0 aromatic carbocycles. The standard InChI is InChI=1S/C17H26N2O4.C2H6/c1-11-9-12(2)13(18-10-11)19(14(20)22-16(3,4)5)15(21)23-17(6,7)8;1-2/h9-10H,1-8H3;1-2H3. The van der Waals surface area contributed by atoms with Gasteiger partial charge in [0.15, 0.2) is 5.82 Å². The zero-order chi connectivity index (χ0) is 20.0. The average Bonchev–Trinajstić information content (AvgIpc) is 2.40. The van der Waals surface area contributed by atoms with Gasteiger partial charge in [-0.15, -0.1) is 0 Å². The van der Waals surface area contributed by atoms with Crippen LogP contribution in [0.25, 0.3) is 0 Å². The van der Waals surface area contributed by atoms with E-state index in [9.17, 15) is 9.59 Å². The lowest BCUT2D eigenvalue weighted by atomic mass is 10.2. The number of carbonyl (C=O) groups excluding carboxylic acids is 2. The maximum atomic E-state index is 12.5. The van der Waals surface area contributed by atoms with Crippen LogP contribution in [0.1, 0.15) is 66.5 Å². The molecule has 0 N–H and O–H groups in total. The Labute approximate surface area is 151 Å². The molecule has 0 unspecified atom stereocenters. The summed E-state index contributed by atoms with van der Waals surface area (Å²) in [5.74, 6) is 0.208. The van der Waals surface area contributed by atoms with E-state index in [1.54, 1.807) is 54.7 Å². The predicted octanol–water partition coefficient (Wildman–Crippen LogP) is 5.40. The van der Waals surface area contributed by atoms with Gasteiger partial charge >= 0.3 is 12.2 Å². The van der Waals surface area contributed by atoms with E-state index in [4.69, 9.17) is 9.47 Å². The third-order valence-electron chi connectivity index (χ3n) is 2.55. The first-order chi connectivity index (χ1) is 11.3. The number of hydrogen-bond acceptors (Lipinski definition) is 5. The number of aromatic nitrogens is 1. The van der Waals surface area contributed by atoms with Gasteiger partial charge in [0.2, 0.25) is 0 Å². The van der Waals surface area contributed by atoms with Gasteiger partial charge < -0.3 is 9.47 Å². The van der Waals surface area contributed by atoms with E-state index < -0.39 is 23.4 Å². The van der Waals surface area contributed by atoms with Gasteiger partial charge in [0, 0.05) is 6.20 Å². The van der Waals surface area contributed by atoms with E-state index >= 15 is 0 Å². The highest BCUT2D eigenvalue weighted by molar-refractivity contribution is 6.09. The fourth-order valence-electron chi connectivity index (χ4n) is 1.80. The number of imide groups is 1. The summed E-state index contributed by atoms with van der Waals surface area (Å²) >= 11 is 0. The average molecular weight is 352 g/mol. The molecular formula is C19H32N2O4. The Kier molecular flexibility index (Phi) is 8.09. The van der Waals surface area contributed by atoms with Gasteiger partial charge in [0.05, 0.1) is 0 Å². The van der Waals surface area contributed by atoms with E-state index in [2.05, 4.69) is 4.98 Å². The lowest BCUT2D eigenvalue weighted by molar-refractivity contribution is 0.0428. The molecule has 1 rings (SSSR count). The number of carbonyl (C=O) groups is 2. The molecule has 0 atom stereocenters. The highest BCUT2D eigenvalue weighted by atomic mass is 16.6. The van der Waals surface area contributed by atoms with Gasteiger partial charge in [-0.2, -0.15) is 4.90 Å². The molecule has 1 aromatic rings. The molecule has 25 heavy (non-hydrogen) atoms. The molecule has 0 aliphatic rings. The highest BCUT2D eigenvalue weighted by Gasteiger charge is 2.34. The Morgan fingerprint density at radius 1 is 0.920 bits per heavy atom. The molecule has 2 amide bonds. The minimum Gasteiger partial charge on any atom is -0.443 e. The number of rotatable bonds is 1. The zero-order valence-electron chi connectivity index (χ0n) is 17.2. The second-order valence-corrected chi connectivity index (χ2v) is 7.45. The Morgan fingerprint density at radius 2 is 1.32 bits per heavy atom. The van der Waals surface area contributed by atoms with Crippen molar-refractivity contribution in [3.8, 4) is 0 Å². The molecule has 1 heterocycles. The molecule has 0 fully saturated rings. The van der Waals surface area contributed by atoms with E-state index in [1.807, 2.05) is 26.8 Å². The maximum absolute atomic E-state index is 12.5. The summed E-state index contributed by atoms with van der Waals surface area (Å²) in [6.07, 6.45) is -0.0400. The van der Waals surface area contributed by atoms with Crippen molar-refractivity contribution in [3.63, 3.8) is 0 Å². The van der Waals surface area contributed by atoms with E-state index in [0.29, 0.717) is 5.56 Å². The topological polar surface area (TPSA) is 68.7 Å². The molecule has 0 spiro atoms. The first kappa shape index (κ1) is 22.9. The molecule has 0 aliphatic heterocycles. The summed E-state index contributed by atoms with van der Waals surface area (Å²) in [6.45, 7) is 18.0. The second kappa shape index (κ2) is 8.83. The molecule has 1 aromatic heterocycles. The zero-order valence-corrected chi connectivity index (χ0v) is 17.2. The number of pyridine rings is 1. The number of anilines is 1. The Bertz CT molecular complexity index is 570. The monoisotopic (exact) mass is 352 g/mol. The molecule has 0 bridgehead atoms. The third-order valence-corrected chi connectivity index (χ3v) is 2.55. The Hall–Kier alpha value is -2.11. The summed E-state index contributed by atoms with van der Waals surface area (Å²) in [6, 6.07) is 1.84. The fraction of sp³-hybridized carbons (Fsp3) is 0.632. The van der Waals surface area contributed by atoms with Gasteiger partial charge in [-0.1, -0.05) is 19.9 Å². The lowest BCUT2D eigenvalue weighted by Gasteiger charge is -2.28. The molecule has 0 saturated heterocycles. The van der Waals surface area contributed by atoms with Crippen LogP contribution in [0.5, 0.6) is 0 Å². The van der Waals surface area contributed by atoms with Crippen LogP contribution in [-0.4, -0.2) is 28.4 Å². The van der Waals surface area contributed by atoms with Crippen molar-refractivity contribution in [2.75, 3.05) is 4.90 Å².